The van der Waals surface area contributed by atoms with E-state index in [1.807, 2.05) is 0 Å². The number of benzene rings is 2. The molecule has 24 heavy (non-hydrogen) atoms. The molecule has 0 heterocycles. The largest absolute Gasteiger partial charge is 0.496 e. The molecule has 0 aromatic heterocycles. The maximum Gasteiger partial charge on any atom is 0.311 e. The highest BCUT2D eigenvalue weighted by Gasteiger charge is 2.19. The van der Waals surface area contributed by atoms with Gasteiger partial charge >= 0.3 is 5.69 Å². The van der Waals surface area contributed by atoms with Gasteiger partial charge in [-0.05, 0) is 23.8 Å². The molecule has 7 heteroatoms. The summed E-state index contributed by atoms with van der Waals surface area (Å²) < 4.78 is 10.3. The van der Waals surface area contributed by atoms with Gasteiger partial charge in [0.2, 0.25) is 5.75 Å². The minimum atomic E-state index is -0.555. The first-order valence-electron chi connectivity index (χ1n) is 6.78. The smallest absolute Gasteiger partial charge is 0.311 e. The molecule has 2 aromatic carbocycles. The lowest BCUT2D eigenvalue weighted by Crippen LogP contribution is -1.97. The number of halogens is 1. The molecular weight excluding hydrogens is 332 g/mol. The van der Waals surface area contributed by atoms with Crippen LogP contribution >= 0.6 is 11.6 Å². The van der Waals surface area contributed by atoms with Crippen LogP contribution in [0.15, 0.2) is 36.4 Å². The predicted molar refractivity (Wildman–Crippen MR) is 91.1 cm³/mol. The van der Waals surface area contributed by atoms with E-state index < -0.39 is 4.92 Å². The summed E-state index contributed by atoms with van der Waals surface area (Å²) in [6.45, 7) is 0. The van der Waals surface area contributed by atoms with Gasteiger partial charge in [-0.15, -0.1) is 0 Å². The lowest BCUT2D eigenvalue weighted by atomic mass is 10.0. The quantitative estimate of drug-likeness (QED) is 0.349. The van der Waals surface area contributed by atoms with Gasteiger partial charge in [-0.3, -0.25) is 10.1 Å². The highest BCUT2D eigenvalue weighted by Crippen LogP contribution is 2.36. The molecule has 6 nitrogen and oxygen atoms in total. The zero-order valence-corrected chi connectivity index (χ0v) is 13.7. The number of ether oxygens (including phenoxy) is 2. The van der Waals surface area contributed by atoms with E-state index in [2.05, 4.69) is 6.07 Å². The second-order valence-electron chi connectivity index (χ2n) is 4.70. The van der Waals surface area contributed by atoms with E-state index in [-0.39, 0.29) is 11.4 Å². The van der Waals surface area contributed by atoms with Crippen LogP contribution in [0.5, 0.6) is 11.5 Å². The fourth-order valence-electron chi connectivity index (χ4n) is 2.15. The summed E-state index contributed by atoms with van der Waals surface area (Å²) in [5, 5.41) is 21.1. The minimum absolute atomic E-state index is 0.0789. The highest BCUT2D eigenvalue weighted by atomic mass is 35.5. The molecule has 0 aliphatic rings. The Morgan fingerprint density at radius 1 is 1.25 bits per heavy atom. The van der Waals surface area contributed by atoms with Crippen molar-refractivity contribution in [3.63, 3.8) is 0 Å². The van der Waals surface area contributed by atoms with Gasteiger partial charge in [-0.2, -0.15) is 5.26 Å². The Labute approximate surface area is 143 Å². The van der Waals surface area contributed by atoms with Crippen LogP contribution in [-0.4, -0.2) is 19.1 Å². The molecule has 0 amide bonds. The molecule has 0 N–H and O–H groups in total. The average molecular weight is 345 g/mol. The van der Waals surface area contributed by atoms with Gasteiger partial charge in [-0.25, -0.2) is 0 Å². The first-order valence-corrected chi connectivity index (χ1v) is 7.16. The topological polar surface area (TPSA) is 85.4 Å². The third-order valence-corrected chi connectivity index (χ3v) is 3.52. The molecular formula is C17H13ClN2O4. The van der Waals surface area contributed by atoms with Crippen molar-refractivity contribution in [3.8, 4) is 17.6 Å². The molecule has 0 atom stereocenters. The van der Waals surface area contributed by atoms with Crippen LogP contribution < -0.4 is 9.47 Å². The average Bonchev–Trinajstić information content (AvgIpc) is 2.58. The predicted octanol–water partition coefficient (Wildman–Crippen LogP) is 4.33. The monoisotopic (exact) mass is 344 g/mol. The van der Waals surface area contributed by atoms with E-state index in [1.165, 1.54) is 32.4 Å². The molecule has 0 aliphatic heterocycles. The van der Waals surface area contributed by atoms with Gasteiger partial charge in [0.25, 0.3) is 0 Å². The number of nitriles is 1. The fourth-order valence-corrected chi connectivity index (χ4v) is 2.34. The summed E-state index contributed by atoms with van der Waals surface area (Å²) in [5.74, 6) is 0.433. The maximum absolute atomic E-state index is 11.2. The molecule has 0 radical (unpaired) electrons. The van der Waals surface area contributed by atoms with Crippen LogP contribution in [0.2, 0.25) is 5.02 Å². The highest BCUT2D eigenvalue weighted by molar-refractivity contribution is 6.30. The Kier molecular flexibility index (Phi) is 5.40. The van der Waals surface area contributed by atoms with E-state index in [1.54, 1.807) is 24.3 Å². The first kappa shape index (κ1) is 17.3. The number of nitrogens with zero attached hydrogens (tertiary/aromatic N) is 2. The van der Waals surface area contributed by atoms with Crippen molar-refractivity contribution in [1.82, 2.24) is 0 Å². The molecule has 2 aromatic rings. The summed E-state index contributed by atoms with van der Waals surface area (Å²) in [6.07, 6.45) is 1.51. The third kappa shape index (κ3) is 3.65. The zero-order chi connectivity index (χ0) is 17.7. The molecule has 2 rings (SSSR count). The SMILES string of the molecule is COc1cc(OC)c([N+](=O)[O-])cc1/C=C(/C#N)c1cccc(Cl)c1. The molecule has 0 aliphatic carbocycles. The van der Waals surface area contributed by atoms with Crippen LogP contribution in [0.25, 0.3) is 11.6 Å². The minimum Gasteiger partial charge on any atom is -0.496 e. The van der Waals surface area contributed by atoms with Gasteiger partial charge in [0.1, 0.15) is 5.75 Å². The molecule has 0 saturated carbocycles. The second kappa shape index (κ2) is 7.49. The normalized spacial score (nSPS) is 10.8. The van der Waals surface area contributed by atoms with Gasteiger partial charge in [0, 0.05) is 22.7 Å². The lowest BCUT2D eigenvalue weighted by Gasteiger charge is -2.09. The van der Waals surface area contributed by atoms with Gasteiger partial charge in [0.05, 0.1) is 30.8 Å². The molecule has 0 spiro atoms. The maximum atomic E-state index is 11.2. The Morgan fingerprint density at radius 3 is 2.50 bits per heavy atom. The Morgan fingerprint density at radius 2 is 1.96 bits per heavy atom. The van der Waals surface area contributed by atoms with Crippen molar-refractivity contribution in [3.05, 3.63) is 62.7 Å². The number of nitro benzene ring substituents is 1. The number of hydrogen-bond donors (Lipinski definition) is 0. The Hall–Kier alpha value is -3.04. The number of rotatable bonds is 5. The van der Waals surface area contributed by atoms with Crippen LogP contribution in [0.4, 0.5) is 5.69 Å². The summed E-state index contributed by atoms with van der Waals surface area (Å²) in [7, 11) is 2.77. The van der Waals surface area contributed by atoms with Crippen molar-refractivity contribution in [1.29, 1.82) is 5.26 Å². The van der Waals surface area contributed by atoms with Crippen molar-refractivity contribution in [2.24, 2.45) is 0 Å². The summed E-state index contributed by atoms with van der Waals surface area (Å²) in [6, 6.07) is 11.6. The van der Waals surface area contributed by atoms with E-state index in [9.17, 15) is 15.4 Å². The number of allylic oxidation sites excluding steroid dienone is 1. The van der Waals surface area contributed by atoms with E-state index in [4.69, 9.17) is 21.1 Å². The first-order chi connectivity index (χ1) is 11.5. The molecule has 0 bridgehead atoms. The van der Waals surface area contributed by atoms with E-state index >= 15 is 0 Å². The third-order valence-electron chi connectivity index (χ3n) is 3.28. The Bertz CT molecular complexity index is 856. The molecule has 122 valence electrons. The van der Waals surface area contributed by atoms with Crippen LogP contribution in [0.3, 0.4) is 0 Å². The standard InChI is InChI=1S/C17H13ClN2O4/c1-23-16-9-17(24-2)15(20(21)22)8-12(16)6-13(10-19)11-4-3-5-14(18)7-11/h3-9H,1-2H3/b13-6-. The van der Waals surface area contributed by atoms with Crippen LogP contribution in [-0.2, 0) is 0 Å². The van der Waals surface area contributed by atoms with Crippen molar-refractivity contribution < 1.29 is 14.4 Å². The van der Waals surface area contributed by atoms with Gasteiger partial charge in [-0.1, -0.05) is 23.7 Å². The van der Waals surface area contributed by atoms with Crippen LogP contribution in [0, 0.1) is 21.4 Å². The van der Waals surface area contributed by atoms with Crippen molar-refractivity contribution in [2.75, 3.05) is 14.2 Å². The van der Waals surface area contributed by atoms with Crippen LogP contribution in [0.1, 0.15) is 11.1 Å². The number of nitro groups is 1. The Balaban J connectivity index is 2.63. The molecule has 0 unspecified atom stereocenters. The summed E-state index contributed by atoms with van der Waals surface area (Å²) in [4.78, 5) is 10.6. The van der Waals surface area contributed by atoms with Gasteiger partial charge in [0.15, 0.2) is 0 Å². The van der Waals surface area contributed by atoms with E-state index in [0.29, 0.717) is 27.5 Å². The number of methoxy groups -OCH3 is 2. The van der Waals surface area contributed by atoms with Crippen molar-refractivity contribution in [2.45, 2.75) is 0 Å². The number of hydrogen-bond acceptors (Lipinski definition) is 5. The zero-order valence-electron chi connectivity index (χ0n) is 12.9. The van der Waals surface area contributed by atoms with Crippen molar-refractivity contribution >= 4 is 28.9 Å². The molecule has 0 fully saturated rings. The second-order valence-corrected chi connectivity index (χ2v) is 5.14. The molecule has 0 saturated heterocycles. The van der Waals surface area contributed by atoms with Gasteiger partial charge < -0.3 is 9.47 Å². The summed E-state index contributed by atoms with van der Waals surface area (Å²) in [5.41, 5.74) is 1.08. The van der Waals surface area contributed by atoms with E-state index in [0.717, 1.165) is 0 Å². The lowest BCUT2D eigenvalue weighted by molar-refractivity contribution is -0.385. The summed E-state index contributed by atoms with van der Waals surface area (Å²) >= 11 is 5.95. The fraction of sp³-hybridized carbons (Fsp3) is 0.118.